The summed E-state index contributed by atoms with van der Waals surface area (Å²) in [6.45, 7) is -1.34. The molecule has 0 aromatic carbocycles. The van der Waals surface area contributed by atoms with Crippen molar-refractivity contribution in [2.75, 3.05) is 26.2 Å². The maximum atomic E-state index is 13.1. The Morgan fingerprint density at radius 2 is 2.08 bits per heavy atom. The lowest BCUT2D eigenvalue weighted by atomic mass is 9.97. The Bertz CT molecular complexity index is 662. The van der Waals surface area contributed by atoms with Gasteiger partial charge in [-0.1, -0.05) is 0 Å². The quantitative estimate of drug-likeness (QED) is 0.752. The van der Waals surface area contributed by atoms with Crippen LogP contribution in [-0.4, -0.2) is 55.7 Å². The van der Waals surface area contributed by atoms with Gasteiger partial charge in [0.05, 0.1) is 13.1 Å². The van der Waals surface area contributed by atoms with Gasteiger partial charge in [0.1, 0.15) is 4.90 Å². The summed E-state index contributed by atoms with van der Waals surface area (Å²) in [5, 5.41) is 2.18. The summed E-state index contributed by atoms with van der Waals surface area (Å²) in [7, 11) is -3.65. The number of hydrogen-bond acceptors (Lipinski definition) is 5. The van der Waals surface area contributed by atoms with Gasteiger partial charge in [0.2, 0.25) is 15.9 Å². The molecule has 2 heterocycles. The number of nitrogens with two attached hydrogens (primary N) is 1. The third kappa shape index (κ3) is 4.46. The molecule has 1 aliphatic heterocycles. The molecule has 1 fully saturated rings. The monoisotopic (exact) mass is 362 g/mol. The van der Waals surface area contributed by atoms with Gasteiger partial charge in [-0.15, -0.1) is 0 Å². The second-order valence-electron chi connectivity index (χ2n) is 5.64. The van der Waals surface area contributed by atoms with E-state index >= 15 is 0 Å². The lowest BCUT2D eigenvalue weighted by molar-refractivity contribution is -0.127. The van der Waals surface area contributed by atoms with E-state index < -0.39 is 40.9 Å². The van der Waals surface area contributed by atoms with Crippen molar-refractivity contribution in [2.24, 2.45) is 11.7 Å². The molecule has 134 valence electrons. The molecule has 3 N–H and O–H groups in total. The number of piperidine rings is 1. The zero-order chi connectivity index (χ0) is 17.8. The predicted octanol–water partition coefficient (Wildman–Crippen LogP) is 0.192. The van der Waals surface area contributed by atoms with Crippen molar-refractivity contribution in [1.29, 1.82) is 0 Å². The van der Waals surface area contributed by atoms with Crippen LogP contribution in [0.5, 0.6) is 0 Å². The largest absolute Gasteiger partial charge is 0.350 e. The number of nitrogens with one attached hydrogen (secondary N) is 1. The van der Waals surface area contributed by atoms with Crippen LogP contribution in [0.4, 0.5) is 8.78 Å². The Labute approximate surface area is 139 Å². The second kappa shape index (κ2) is 7.49. The summed E-state index contributed by atoms with van der Waals surface area (Å²) in [6.07, 6.45) is 3.30. The van der Waals surface area contributed by atoms with Crippen molar-refractivity contribution in [3.8, 4) is 0 Å². The standard InChI is InChI=1S/C14H20F2N4O3S/c15-14(16,9-17)10-19-13(21)11-3-6-20(7-4-11)24(22,23)12-2-1-5-18-8-12/h1-2,5,8,11H,3-4,6-7,9-10,17H2,(H,19,21). The van der Waals surface area contributed by atoms with E-state index in [9.17, 15) is 22.0 Å². The van der Waals surface area contributed by atoms with Crippen LogP contribution >= 0.6 is 0 Å². The van der Waals surface area contributed by atoms with Crippen molar-refractivity contribution in [1.82, 2.24) is 14.6 Å². The van der Waals surface area contributed by atoms with E-state index in [4.69, 9.17) is 5.73 Å². The highest BCUT2D eigenvalue weighted by Gasteiger charge is 2.33. The van der Waals surface area contributed by atoms with E-state index in [0.717, 1.165) is 0 Å². The number of nitrogens with zero attached hydrogens (tertiary/aromatic N) is 2. The highest BCUT2D eigenvalue weighted by Crippen LogP contribution is 2.23. The van der Waals surface area contributed by atoms with Gasteiger partial charge in [-0.05, 0) is 25.0 Å². The first-order chi connectivity index (χ1) is 11.3. The van der Waals surface area contributed by atoms with E-state index in [1.54, 1.807) is 0 Å². The van der Waals surface area contributed by atoms with Gasteiger partial charge in [0, 0.05) is 31.4 Å². The van der Waals surface area contributed by atoms with Crippen molar-refractivity contribution < 1.29 is 22.0 Å². The van der Waals surface area contributed by atoms with Gasteiger partial charge >= 0.3 is 0 Å². The van der Waals surface area contributed by atoms with Crippen LogP contribution in [-0.2, 0) is 14.8 Å². The summed E-state index contributed by atoms with van der Waals surface area (Å²) in [6, 6.07) is 2.99. The van der Waals surface area contributed by atoms with Gasteiger partial charge < -0.3 is 11.1 Å². The Balaban J connectivity index is 1.90. The molecule has 10 heteroatoms. The maximum absolute atomic E-state index is 13.1. The van der Waals surface area contributed by atoms with E-state index in [2.05, 4.69) is 10.3 Å². The van der Waals surface area contributed by atoms with Crippen molar-refractivity contribution in [2.45, 2.75) is 23.7 Å². The fourth-order valence-electron chi connectivity index (χ4n) is 2.44. The number of amides is 1. The fraction of sp³-hybridized carbons (Fsp3) is 0.571. The molecule has 7 nitrogen and oxygen atoms in total. The van der Waals surface area contributed by atoms with Crippen molar-refractivity contribution >= 4 is 15.9 Å². The van der Waals surface area contributed by atoms with Gasteiger partial charge in [-0.25, -0.2) is 17.2 Å². The second-order valence-corrected chi connectivity index (χ2v) is 7.58. The number of pyridine rings is 1. The molecule has 0 atom stereocenters. The SMILES string of the molecule is NCC(F)(F)CNC(=O)C1CCN(S(=O)(=O)c2cccnc2)CC1. The number of carbonyl (C=O) groups is 1. The van der Waals surface area contributed by atoms with E-state index in [1.165, 1.54) is 28.8 Å². The number of alkyl halides is 2. The Morgan fingerprint density at radius 1 is 1.42 bits per heavy atom. The minimum absolute atomic E-state index is 0.0930. The van der Waals surface area contributed by atoms with Crippen LogP contribution in [0.1, 0.15) is 12.8 Å². The Kier molecular flexibility index (Phi) is 5.83. The average Bonchev–Trinajstić information content (AvgIpc) is 2.60. The molecule has 24 heavy (non-hydrogen) atoms. The first-order valence-electron chi connectivity index (χ1n) is 7.52. The zero-order valence-electron chi connectivity index (χ0n) is 13.0. The van der Waals surface area contributed by atoms with Crippen LogP contribution in [0.25, 0.3) is 0 Å². The molecular weight excluding hydrogens is 342 g/mol. The third-order valence-electron chi connectivity index (χ3n) is 3.92. The molecule has 1 aromatic heterocycles. The van der Waals surface area contributed by atoms with Crippen LogP contribution in [0.15, 0.2) is 29.4 Å². The van der Waals surface area contributed by atoms with Crippen molar-refractivity contribution in [3.63, 3.8) is 0 Å². The molecule has 1 aliphatic rings. The van der Waals surface area contributed by atoms with Crippen LogP contribution < -0.4 is 11.1 Å². The smallest absolute Gasteiger partial charge is 0.277 e. The van der Waals surface area contributed by atoms with Crippen molar-refractivity contribution in [3.05, 3.63) is 24.5 Å². The molecule has 0 bridgehead atoms. The van der Waals surface area contributed by atoms with E-state index in [-0.39, 0.29) is 30.8 Å². The Morgan fingerprint density at radius 3 is 2.62 bits per heavy atom. The number of halogens is 2. The molecular formula is C14H20F2N4O3S. The summed E-state index contributed by atoms with van der Waals surface area (Å²) in [5.41, 5.74) is 4.91. The lowest BCUT2D eigenvalue weighted by Crippen LogP contribution is -2.46. The summed E-state index contributed by atoms with van der Waals surface area (Å²) in [5.74, 6) is -4.12. The zero-order valence-corrected chi connectivity index (χ0v) is 13.8. The number of sulfonamides is 1. The van der Waals surface area contributed by atoms with Gasteiger partial charge in [0.25, 0.3) is 5.92 Å². The number of hydrogen-bond donors (Lipinski definition) is 2. The minimum atomic E-state index is -3.65. The highest BCUT2D eigenvalue weighted by molar-refractivity contribution is 7.89. The number of rotatable bonds is 6. The number of carbonyl (C=O) groups excluding carboxylic acids is 1. The first-order valence-corrected chi connectivity index (χ1v) is 8.96. The summed E-state index contributed by atoms with van der Waals surface area (Å²) >= 11 is 0. The van der Waals surface area contributed by atoms with Gasteiger partial charge in [-0.2, -0.15) is 4.31 Å². The molecule has 0 spiro atoms. The third-order valence-corrected chi connectivity index (χ3v) is 5.80. The van der Waals surface area contributed by atoms with Gasteiger partial charge in [0.15, 0.2) is 0 Å². The predicted molar refractivity (Wildman–Crippen MR) is 82.7 cm³/mol. The summed E-state index contributed by atoms with van der Waals surface area (Å²) in [4.78, 5) is 15.8. The minimum Gasteiger partial charge on any atom is -0.350 e. The van der Waals surface area contributed by atoms with Crippen LogP contribution in [0, 0.1) is 5.92 Å². The average molecular weight is 362 g/mol. The molecule has 1 aromatic rings. The Hall–Kier alpha value is -1.65. The molecule has 1 saturated heterocycles. The van der Waals surface area contributed by atoms with E-state index in [1.807, 2.05) is 0 Å². The molecule has 0 radical (unpaired) electrons. The fourth-order valence-corrected chi connectivity index (χ4v) is 3.87. The first kappa shape index (κ1) is 18.7. The lowest BCUT2D eigenvalue weighted by Gasteiger charge is -2.30. The number of aromatic nitrogens is 1. The topological polar surface area (TPSA) is 105 Å². The molecule has 0 unspecified atom stereocenters. The maximum Gasteiger partial charge on any atom is 0.277 e. The molecule has 2 rings (SSSR count). The summed E-state index contributed by atoms with van der Waals surface area (Å²) < 4.78 is 52.3. The normalized spacial score (nSPS) is 17.6. The van der Waals surface area contributed by atoms with Gasteiger partial charge in [-0.3, -0.25) is 9.78 Å². The highest BCUT2D eigenvalue weighted by atomic mass is 32.2. The van der Waals surface area contributed by atoms with Crippen LogP contribution in [0.3, 0.4) is 0 Å². The molecule has 0 saturated carbocycles. The van der Waals surface area contributed by atoms with Crippen LogP contribution in [0.2, 0.25) is 0 Å². The molecule has 0 aliphatic carbocycles. The van der Waals surface area contributed by atoms with E-state index in [0.29, 0.717) is 0 Å². The molecule has 1 amide bonds.